The van der Waals surface area contributed by atoms with Crippen molar-refractivity contribution in [2.24, 2.45) is 10.9 Å². The van der Waals surface area contributed by atoms with Gasteiger partial charge in [0.05, 0.1) is 0 Å². The molecule has 1 aromatic rings. The molecule has 0 fully saturated rings. The van der Waals surface area contributed by atoms with Crippen molar-refractivity contribution in [1.82, 2.24) is 25.3 Å². The molecular weight excluding hydrogens is 332 g/mol. The largest absolute Gasteiger partial charge is 0.444 e. The number of rotatable bonds is 8. The molecule has 1 rings (SSSR count). The van der Waals surface area contributed by atoms with E-state index in [4.69, 9.17) is 4.74 Å². The summed E-state index contributed by atoms with van der Waals surface area (Å²) in [6.07, 6.45) is 4.39. The number of nitrogens with one attached hydrogen (secondary N) is 2. The van der Waals surface area contributed by atoms with Crippen molar-refractivity contribution in [3.63, 3.8) is 0 Å². The first-order chi connectivity index (χ1) is 12.2. The predicted molar refractivity (Wildman–Crippen MR) is 104 cm³/mol. The van der Waals surface area contributed by atoms with Crippen molar-refractivity contribution in [1.29, 1.82) is 0 Å². The number of hydrogen-bond donors (Lipinski definition) is 2. The van der Waals surface area contributed by atoms with Gasteiger partial charge in [-0.1, -0.05) is 6.92 Å². The summed E-state index contributed by atoms with van der Waals surface area (Å²) in [5.41, 5.74) is -0.477. The summed E-state index contributed by atoms with van der Waals surface area (Å²) in [7, 11) is 3.51. The van der Waals surface area contributed by atoms with Crippen molar-refractivity contribution in [3.05, 3.63) is 18.5 Å². The van der Waals surface area contributed by atoms with E-state index < -0.39 is 5.60 Å². The van der Waals surface area contributed by atoms with Crippen LogP contribution in [0.25, 0.3) is 0 Å². The SMILES string of the molecule is CN=C(NCCCn1cccn1)NCC(C)CN(C)C(=O)OC(C)(C)C. The van der Waals surface area contributed by atoms with Crippen LogP contribution in [0.3, 0.4) is 0 Å². The fourth-order valence-corrected chi connectivity index (χ4v) is 2.32. The van der Waals surface area contributed by atoms with Crippen LogP contribution in [0.2, 0.25) is 0 Å². The zero-order chi connectivity index (χ0) is 19.6. The molecule has 8 nitrogen and oxygen atoms in total. The fourth-order valence-electron chi connectivity index (χ4n) is 2.32. The lowest BCUT2D eigenvalue weighted by atomic mass is 10.1. The first-order valence-corrected chi connectivity index (χ1v) is 9.07. The third-order valence-electron chi connectivity index (χ3n) is 3.55. The molecule has 1 aromatic heterocycles. The smallest absolute Gasteiger partial charge is 0.410 e. The molecule has 0 aliphatic carbocycles. The number of guanidine groups is 1. The lowest BCUT2D eigenvalue weighted by Gasteiger charge is -2.26. The number of carbonyl (C=O) groups excluding carboxylic acids is 1. The standard InChI is InChI=1S/C18H34N6O2/c1-15(14-23(6)17(25)26-18(2,3)4)13-21-16(19-5)20-9-7-11-24-12-8-10-22-24/h8,10,12,15H,7,9,11,13-14H2,1-6H3,(H2,19,20,21). The Kier molecular flexibility index (Phi) is 8.95. The molecule has 2 N–H and O–H groups in total. The Balaban J connectivity index is 2.24. The van der Waals surface area contributed by atoms with E-state index in [1.165, 1.54) is 0 Å². The molecule has 8 heteroatoms. The maximum atomic E-state index is 12.0. The van der Waals surface area contributed by atoms with Crippen molar-refractivity contribution >= 4 is 12.1 Å². The molecule has 148 valence electrons. The Bertz CT molecular complexity index is 551. The Labute approximate surface area is 157 Å². The second-order valence-electron chi connectivity index (χ2n) is 7.47. The second-order valence-corrected chi connectivity index (χ2v) is 7.47. The van der Waals surface area contributed by atoms with E-state index in [0.717, 1.165) is 25.5 Å². The number of hydrogen-bond acceptors (Lipinski definition) is 4. The van der Waals surface area contributed by atoms with Crippen LogP contribution < -0.4 is 10.6 Å². The highest BCUT2D eigenvalue weighted by Gasteiger charge is 2.20. The molecule has 0 saturated heterocycles. The average Bonchev–Trinajstić information content (AvgIpc) is 3.05. The minimum absolute atomic E-state index is 0.259. The van der Waals surface area contributed by atoms with Gasteiger partial charge in [-0.15, -0.1) is 0 Å². The van der Waals surface area contributed by atoms with Crippen molar-refractivity contribution in [2.45, 2.75) is 46.3 Å². The number of ether oxygens (including phenoxy) is 1. The van der Waals surface area contributed by atoms with Gasteiger partial charge in [-0.25, -0.2) is 4.79 Å². The van der Waals surface area contributed by atoms with Gasteiger partial charge >= 0.3 is 6.09 Å². The number of nitrogens with zero attached hydrogens (tertiary/aromatic N) is 4. The highest BCUT2D eigenvalue weighted by Crippen LogP contribution is 2.10. The van der Waals surface area contributed by atoms with Gasteiger partial charge in [0.25, 0.3) is 0 Å². The predicted octanol–water partition coefficient (Wildman–Crippen LogP) is 1.94. The van der Waals surface area contributed by atoms with E-state index in [9.17, 15) is 4.79 Å². The van der Waals surface area contributed by atoms with Gasteiger partial charge in [-0.3, -0.25) is 9.67 Å². The molecule has 0 aliphatic rings. The summed E-state index contributed by atoms with van der Waals surface area (Å²) < 4.78 is 7.28. The number of aromatic nitrogens is 2. The highest BCUT2D eigenvalue weighted by atomic mass is 16.6. The Morgan fingerprint density at radius 1 is 1.38 bits per heavy atom. The minimum atomic E-state index is -0.477. The molecule has 1 amide bonds. The van der Waals surface area contributed by atoms with Crippen LogP contribution in [-0.2, 0) is 11.3 Å². The first-order valence-electron chi connectivity index (χ1n) is 9.07. The average molecular weight is 367 g/mol. The zero-order valence-corrected chi connectivity index (χ0v) is 17.0. The normalized spacial score (nSPS) is 13.2. The van der Waals surface area contributed by atoms with Crippen LogP contribution in [0.1, 0.15) is 34.1 Å². The number of amides is 1. The summed E-state index contributed by atoms with van der Waals surface area (Å²) in [6, 6.07) is 1.92. The van der Waals surface area contributed by atoms with Crippen LogP contribution in [0.5, 0.6) is 0 Å². The van der Waals surface area contributed by atoms with Gasteiger partial charge in [0.2, 0.25) is 0 Å². The Morgan fingerprint density at radius 3 is 2.69 bits per heavy atom. The first kappa shape index (κ1) is 21.8. The Hall–Kier alpha value is -2.25. The molecule has 1 heterocycles. The van der Waals surface area contributed by atoms with Gasteiger partial charge in [-0.2, -0.15) is 5.10 Å². The lowest BCUT2D eigenvalue weighted by molar-refractivity contribution is 0.0278. The topological polar surface area (TPSA) is 83.8 Å². The molecule has 0 bridgehead atoms. The number of aryl methyl sites for hydroxylation is 1. The molecule has 1 atom stereocenters. The molecule has 0 spiro atoms. The highest BCUT2D eigenvalue weighted by molar-refractivity contribution is 5.79. The molecule has 0 saturated carbocycles. The third kappa shape index (κ3) is 9.29. The lowest BCUT2D eigenvalue weighted by Crippen LogP contribution is -2.43. The molecular formula is C18H34N6O2. The van der Waals surface area contributed by atoms with Crippen molar-refractivity contribution in [3.8, 4) is 0 Å². The maximum absolute atomic E-state index is 12.0. The van der Waals surface area contributed by atoms with E-state index >= 15 is 0 Å². The quantitative estimate of drug-likeness (QED) is 0.417. The number of carbonyl (C=O) groups is 1. The van der Waals surface area contributed by atoms with Gasteiger partial charge in [0.1, 0.15) is 5.60 Å². The van der Waals surface area contributed by atoms with Gasteiger partial charge in [0.15, 0.2) is 5.96 Å². The van der Waals surface area contributed by atoms with Crippen molar-refractivity contribution in [2.75, 3.05) is 33.7 Å². The summed E-state index contributed by atoms with van der Waals surface area (Å²) in [4.78, 5) is 17.8. The maximum Gasteiger partial charge on any atom is 0.410 e. The van der Waals surface area contributed by atoms with Gasteiger partial charge in [0, 0.05) is 52.7 Å². The summed E-state index contributed by atoms with van der Waals surface area (Å²) in [6.45, 7) is 10.7. The summed E-state index contributed by atoms with van der Waals surface area (Å²) in [5.74, 6) is 1.02. The molecule has 26 heavy (non-hydrogen) atoms. The zero-order valence-electron chi connectivity index (χ0n) is 17.0. The summed E-state index contributed by atoms with van der Waals surface area (Å²) in [5, 5.41) is 10.8. The third-order valence-corrected chi connectivity index (χ3v) is 3.55. The minimum Gasteiger partial charge on any atom is -0.444 e. The molecule has 0 radical (unpaired) electrons. The summed E-state index contributed by atoms with van der Waals surface area (Å²) >= 11 is 0. The van der Waals surface area contributed by atoms with Crippen LogP contribution in [0.15, 0.2) is 23.5 Å². The molecule has 0 aromatic carbocycles. The van der Waals surface area contributed by atoms with Crippen LogP contribution in [0, 0.1) is 5.92 Å². The van der Waals surface area contributed by atoms with Crippen molar-refractivity contribution < 1.29 is 9.53 Å². The van der Waals surface area contributed by atoms with E-state index in [2.05, 4.69) is 27.6 Å². The van der Waals surface area contributed by atoms with E-state index in [1.807, 2.05) is 37.7 Å². The van der Waals surface area contributed by atoms with Crippen LogP contribution in [-0.4, -0.2) is 66.1 Å². The molecule has 0 aliphatic heterocycles. The monoisotopic (exact) mass is 366 g/mol. The van der Waals surface area contributed by atoms with Crippen LogP contribution >= 0.6 is 0 Å². The second kappa shape index (κ2) is 10.7. The van der Waals surface area contributed by atoms with Gasteiger partial charge < -0.3 is 20.3 Å². The van der Waals surface area contributed by atoms with Gasteiger partial charge in [-0.05, 0) is 39.2 Å². The van der Waals surface area contributed by atoms with E-state index in [0.29, 0.717) is 13.1 Å². The molecule has 1 unspecified atom stereocenters. The van der Waals surface area contributed by atoms with E-state index in [1.54, 1.807) is 25.2 Å². The number of aliphatic imine (C=N–C) groups is 1. The van der Waals surface area contributed by atoms with E-state index in [-0.39, 0.29) is 12.0 Å². The Morgan fingerprint density at radius 2 is 2.12 bits per heavy atom. The fraction of sp³-hybridized carbons (Fsp3) is 0.722. The van der Waals surface area contributed by atoms with Crippen LogP contribution in [0.4, 0.5) is 4.79 Å².